The van der Waals surface area contributed by atoms with E-state index in [2.05, 4.69) is 15.7 Å². The Labute approximate surface area is 111 Å². The topological polar surface area (TPSA) is 114 Å². The van der Waals surface area contributed by atoms with Gasteiger partial charge in [-0.25, -0.2) is 13.4 Å². The van der Waals surface area contributed by atoms with Crippen molar-refractivity contribution < 1.29 is 13.2 Å². The van der Waals surface area contributed by atoms with Crippen molar-refractivity contribution in [1.82, 2.24) is 10.3 Å². The van der Waals surface area contributed by atoms with Crippen LogP contribution in [-0.2, 0) is 9.84 Å². The third-order valence-electron chi connectivity index (χ3n) is 3.12. The molecule has 4 N–H and O–H groups in total. The van der Waals surface area contributed by atoms with Gasteiger partial charge in [-0.3, -0.25) is 10.6 Å². The van der Waals surface area contributed by atoms with E-state index >= 15 is 0 Å². The average Bonchev–Trinajstić information content (AvgIpc) is 2.75. The van der Waals surface area contributed by atoms with Crippen LogP contribution in [0.25, 0.3) is 0 Å². The SMILES string of the molecule is NNc1ccc(C(=O)NCC2CCCS2(=O)=O)nc1. The van der Waals surface area contributed by atoms with Crippen LogP contribution in [0.15, 0.2) is 18.3 Å². The molecule has 0 aromatic carbocycles. The molecular weight excluding hydrogens is 268 g/mol. The molecule has 8 heteroatoms. The number of sulfone groups is 1. The lowest BCUT2D eigenvalue weighted by atomic mass is 10.2. The van der Waals surface area contributed by atoms with Crippen LogP contribution < -0.4 is 16.6 Å². The smallest absolute Gasteiger partial charge is 0.269 e. The molecule has 1 aliphatic rings. The molecule has 1 unspecified atom stereocenters. The van der Waals surface area contributed by atoms with Crippen molar-refractivity contribution >= 4 is 21.4 Å². The van der Waals surface area contributed by atoms with E-state index in [9.17, 15) is 13.2 Å². The fraction of sp³-hybridized carbons (Fsp3) is 0.455. The summed E-state index contributed by atoms with van der Waals surface area (Å²) in [6.45, 7) is 0.139. The molecule has 104 valence electrons. The molecule has 0 spiro atoms. The maximum Gasteiger partial charge on any atom is 0.269 e. The highest BCUT2D eigenvalue weighted by Crippen LogP contribution is 2.19. The van der Waals surface area contributed by atoms with Crippen molar-refractivity contribution in [3.05, 3.63) is 24.0 Å². The van der Waals surface area contributed by atoms with Gasteiger partial charge < -0.3 is 10.7 Å². The van der Waals surface area contributed by atoms with E-state index in [1.165, 1.54) is 12.3 Å². The number of hydrogen-bond acceptors (Lipinski definition) is 6. The van der Waals surface area contributed by atoms with Gasteiger partial charge in [0.2, 0.25) is 0 Å². The molecule has 1 amide bonds. The minimum atomic E-state index is -3.04. The van der Waals surface area contributed by atoms with Gasteiger partial charge in [-0.1, -0.05) is 0 Å². The quantitative estimate of drug-likeness (QED) is 0.515. The summed E-state index contributed by atoms with van der Waals surface area (Å²) in [5.41, 5.74) is 3.23. The first kappa shape index (κ1) is 13.8. The molecule has 7 nitrogen and oxygen atoms in total. The highest BCUT2D eigenvalue weighted by Gasteiger charge is 2.31. The van der Waals surface area contributed by atoms with Gasteiger partial charge in [-0.15, -0.1) is 0 Å². The fourth-order valence-electron chi connectivity index (χ4n) is 2.00. The average molecular weight is 284 g/mol. The second-order valence-corrected chi connectivity index (χ2v) is 6.82. The second-order valence-electron chi connectivity index (χ2n) is 4.42. The zero-order valence-electron chi connectivity index (χ0n) is 10.3. The highest BCUT2D eigenvalue weighted by atomic mass is 32.2. The summed E-state index contributed by atoms with van der Waals surface area (Å²) in [5.74, 6) is 5.02. The van der Waals surface area contributed by atoms with E-state index in [1.807, 2.05) is 0 Å². The molecule has 1 aromatic rings. The van der Waals surface area contributed by atoms with Gasteiger partial charge >= 0.3 is 0 Å². The number of nitrogens with two attached hydrogens (primary N) is 1. The maximum absolute atomic E-state index is 11.8. The number of carbonyl (C=O) groups is 1. The van der Waals surface area contributed by atoms with Gasteiger partial charge in [-0.05, 0) is 25.0 Å². The van der Waals surface area contributed by atoms with Crippen LogP contribution in [0.2, 0.25) is 0 Å². The lowest BCUT2D eigenvalue weighted by molar-refractivity contribution is 0.0948. The number of nitrogen functional groups attached to an aromatic ring is 1. The van der Waals surface area contributed by atoms with Gasteiger partial charge in [0.15, 0.2) is 9.84 Å². The number of hydrogen-bond donors (Lipinski definition) is 3. The van der Waals surface area contributed by atoms with Crippen LogP contribution in [0, 0.1) is 0 Å². The van der Waals surface area contributed by atoms with Crippen molar-refractivity contribution in [1.29, 1.82) is 0 Å². The number of hydrazine groups is 1. The number of amides is 1. The molecule has 1 aromatic heterocycles. The lowest BCUT2D eigenvalue weighted by Gasteiger charge is -2.10. The molecule has 1 saturated heterocycles. The predicted octanol–water partition coefficient (Wildman–Crippen LogP) is -0.326. The first-order valence-corrected chi connectivity index (χ1v) is 7.67. The Morgan fingerprint density at radius 3 is 2.79 bits per heavy atom. The number of rotatable bonds is 4. The van der Waals surface area contributed by atoms with Crippen molar-refractivity contribution in [2.75, 3.05) is 17.7 Å². The van der Waals surface area contributed by atoms with E-state index in [4.69, 9.17) is 5.84 Å². The summed E-state index contributed by atoms with van der Waals surface area (Å²) >= 11 is 0. The summed E-state index contributed by atoms with van der Waals surface area (Å²) in [4.78, 5) is 15.7. The summed E-state index contributed by atoms with van der Waals surface area (Å²) < 4.78 is 23.2. The van der Waals surface area contributed by atoms with E-state index < -0.39 is 15.1 Å². The molecule has 1 aliphatic heterocycles. The number of nitrogens with one attached hydrogen (secondary N) is 2. The van der Waals surface area contributed by atoms with Gasteiger partial charge in [-0.2, -0.15) is 0 Å². The van der Waals surface area contributed by atoms with E-state index in [1.54, 1.807) is 6.07 Å². The van der Waals surface area contributed by atoms with Crippen molar-refractivity contribution in [3.63, 3.8) is 0 Å². The number of aromatic nitrogens is 1. The van der Waals surface area contributed by atoms with Crippen molar-refractivity contribution in [2.24, 2.45) is 5.84 Å². The zero-order valence-corrected chi connectivity index (χ0v) is 11.1. The first-order valence-electron chi connectivity index (χ1n) is 5.95. The van der Waals surface area contributed by atoms with Crippen LogP contribution in [0.4, 0.5) is 5.69 Å². The summed E-state index contributed by atoms with van der Waals surface area (Å²) in [6, 6.07) is 3.14. The van der Waals surface area contributed by atoms with Crippen LogP contribution >= 0.6 is 0 Å². The zero-order chi connectivity index (χ0) is 13.9. The minimum absolute atomic E-state index is 0.139. The normalized spacial score (nSPS) is 21.0. The van der Waals surface area contributed by atoms with Crippen LogP contribution in [-0.4, -0.2) is 36.9 Å². The number of nitrogens with zero attached hydrogens (tertiary/aromatic N) is 1. The minimum Gasteiger partial charge on any atom is -0.349 e. The highest BCUT2D eigenvalue weighted by molar-refractivity contribution is 7.92. The van der Waals surface area contributed by atoms with E-state index in [0.717, 1.165) is 0 Å². The largest absolute Gasteiger partial charge is 0.349 e. The van der Waals surface area contributed by atoms with E-state index in [-0.39, 0.29) is 23.9 Å². The molecule has 0 saturated carbocycles. The number of carbonyl (C=O) groups excluding carboxylic acids is 1. The third kappa shape index (κ3) is 3.21. The Morgan fingerprint density at radius 2 is 2.26 bits per heavy atom. The second kappa shape index (κ2) is 5.54. The van der Waals surface area contributed by atoms with E-state index in [0.29, 0.717) is 18.5 Å². The summed E-state index contributed by atoms with van der Waals surface area (Å²) in [7, 11) is -3.04. The number of anilines is 1. The third-order valence-corrected chi connectivity index (χ3v) is 5.39. The molecule has 1 atom stereocenters. The van der Waals surface area contributed by atoms with Gasteiger partial charge in [0.05, 0.1) is 22.9 Å². The van der Waals surface area contributed by atoms with Gasteiger partial charge in [0.25, 0.3) is 5.91 Å². The van der Waals surface area contributed by atoms with Gasteiger partial charge in [0.1, 0.15) is 5.69 Å². The maximum atomic E-state index is 11.8. The Morgan fingerprint density at radius 1 is 1.47 bits per heavy atom. The molecule has 0 aliphatic carbocycles. The van der Waals surface area contributed by atoms with Crippen LogP contribution in [0.3, 0.4) is 0 Å². The molecule has 1 fully saturated rings. The first-order chi connectivity index (χ1) is 9.03. The standard InChI is InChI=1S/C11H16N4O3S/c12-15-8-3-4-10(13-6-8)11(16)14-7-9-2-1-5-19(9,17)18/h3-4,6,9,15H,1-2,5,7,12H2,(H,14,16). The Kier molecular flexibility index (Phi) is 4.01. The Balaban J connectivity index is 1.94. The molecule has 0 bridgehead atoms. The molecule has 19 heavy (non-hydrogen) atoms. The number of pyridine rings is 1. The molecule has 2 rings (SSSR count). The van der Waals surface area contributed by atoms with Crippen LogP contribution in [0.1, 0.15) is 23.3 Å². The summed E-state index contributed by atoms with van der Waals surface area (Å²) in [5, 5.41) is 2.13. The lowest BCUT2D eigenvalue weighted by Crippen LogP contribution is -2.34. The molecule has 2 heterocycles. The van der Waals surface area contributed by atoms with Gasteiger partial charge in [0, 0.05) is 6.54 Å². The monoisotopic (exact) mass is 284 g/mol. The Hall–Kier alpha value is -1.67. The van der Waals surface area contributed by atoms with Crippen molar-refractivity contribution in [3.8, 4) is 0 Å². The fourth-order valence-corrected chi connectivity index (χ4v) is 3.76. The Bertz CT molecular complexity index is 556. The van der Waals surface area contributed by atoms with Crippen molar-refractivity contribution in [2.45, 2.75) is 18.1 Å². The molecule has 0 radical (unpaired) electrons. The molecular formula is C11H16N4O3S. The summed E-state index contributed by atoms with van der Waals surface area (Å²) in [6.07, 6.45) is 2.70. The van der Waals surface area contributed by atoms with Crippen LogP contribution in [0.5, 0.6) is 0 Å². The predicted molar refractivity (Wildman–Crippen MR) is 71.2 cm³/mol.